The van der Waals surface area contributed by atoms with Gasteiger partial charge in [-0.15, -0.1) is 0 Å². The first-order valence-corrected chi connectivity index (χ1v) is 14.4. The Labute approximate surface area is 211 Å². The van der Waals surface area contributed by atoms with Crippen molar-refractivity contribution in [2.45, 2.75) is 70.1 Å². The first kappa shape index (κ1) is 26.6. The van der Waals surface area contributed by atoms with Crippen molar-refractivity contribution in [3.63, 3.8) is 0 Å². The van der Waals surface area contributed by atoms with E-state index in [1.807, 2.05) is 25.2 Å². The molecule has 1 aromatic heterocycles. The minimum Gasteiger partial charge on any atom is -0.301 e. The van der Waals surface area contributed by atoms with Crippen LogP contribution in [0.15, 0.2) is 23.0 Å². The van der Waals surface area contributed by atoms with Crippen molar-refractivity contribution in [2.24, 2.45) is 13.0 Å². The summed E-state index contributed by atoms with van der Waals surface area (Å²) < 4.78 is 30.9. The second-order valence-electron chi connectivity index (χ2n) is 10.4. The SMILES string of the molecule is CC(CN(C)C1CCC(Cc2ccc3c(c2)n(C)c(=O)n3C2CCC(=O)NC2=O)CC1)OS(C)(=O)=O. The molecule has 1 aromatic carbocycles. The number of hydrogen-bond acceptors (Lipinski definition) is 7. The Morgan fingerprint density at radius 3 is 2.44 bits per heavy atom. The third kappa shape index (κ3) is 5.90. The Morgan fingerprint density at radius 2 is 1.81 bits per heavy atom. The molecule has 2 aliphatic rings. The molecule has 2 amide bonds. The second-order valence-corrected chi connectivity index (χ2v) is 12.0. The van der Waals surface area contributed by atoms with Crippen LogP contribution in [0.5, 0.6) is 0 Å². The van der Waals surface area contributed by atoms with Crippen molar-refractivity contribution in [2.75, 3.05) is 19.8 Å². The molecular weight excluding hydrogens is 484 g/mol. The lowest BCUT2D eigenvalue weighted by Gasteiger charge is -2.35. The molecule has 0 spiro atoms. The number of imide groups is 1. The maximum absolute atomic E-state index is 13.0. The number of fused-ring (bicyclic) bond motifs is 1. The third-order valence-electron chi connectivity index (χ3n) is 7.52. The van der Waals surface area contributed by atoms with Crippen LogP contribution in [-0.2, 0) is 37.4 Å². The third-order valence-corrected chi connectivity index (χ3v) is 8.20. The van der Waals surface area contributed by atoms with Crippen LogP contribution < -0.4 is 11.0 Å². The zero-order valence-corrected chi connectivity index (χ0v) is 22.2. The van der Waals surface area contributed by atoms with Gasteiger partial charge in [-0.3, -0.25) is 28.2 Å². The van der Waals surface area contributed by atoms with Gasteiger partial charge in [0.05, 0.1) is 23.4 Å². The summed E-state index contributed by atoms with van der Waals surface area (Å²) in [6.45, 7) is 2.34. The van der Waals surface area contributed by atoms with Crippen molar-refractivity contribution >= 4 is 33.0 Å². The van der Waals surface area contributed by atoms with Crippen LogP contribution in [0.3, 0.4) is 0 Å². The molecule has 4 rings (SSSR count). The molecule has 2 fully saturated rings. The van der Waals surface area contributed by atoms with E-state index in [0.29, 0.717) is 30.4 Å². The molecule has 11 heteroatoms. The lowest BCUT2D eigenvalue weighted by Crippen LogP contribution is -2.44. The normalized spacial score (nSPS) is 24.3. The molecule has 2 aromatic rings. The lowest BCUT2D eigenvalue weighted by molar-refractivity contribution is -0.135. The zero-order valence-electron chi connectivity index (χ0n) is 21.4. The monoisotopic (exact) mass is 520 g/mol. The first-order chi connectivity index (χ1) is 16.9. The lowest BCUT2D eigenvalue weighted by atomic mass is 9.82. The van der Waals surface area contributed by atoms with E-state index < -0.39 is 22.1 Å². The molecule has 0 bridgehead atoms. The van der Waals surface area contributed by atoms with Crippen molar-refractivity contribution < 1.29 is 22.2 Å². The molecule has 10 nitrogen and oxygen atoms in total. The van der Waals surface area contributed by atoms with Crippen molar-refractivity contribution in [3.8, 4) is 0 Å². The molecule has 1 saturated heterocycles. The fourth-order valence-electron chi connectivity index (χ4n) is 5.77. The number of rotatable bonds is 8. The van der Waals surface area contributed by atoms with Gasteiger partial charge in [-0.2, -0.15) is 8.42 Å². The fraction of sp³-hybridized carbons (Fsp3) is 0.640. The maximum atomic E-state index is 13.0. The topological polar surface area (TPSA) is 120 Å². The number of aromatic nitrogens is 2. The van der Waals surface area contributed by atoms with Crippen molar-refractivity contribution in [1.29, 1.82) is 0 Å². The number of carbonyl (C=O) groups is 2. The highest BCUT2D eigenvalue weighted by atomic mass is 32.2. The maximum Gasteiger partial charge on any atom is 0.329 e. The molecule has 1 saturated carbocycles. The summed E-state index contributed by atoms with van der Waals surface area (Å²) >= 11 is 0. The zero-order chi connectivity index (χ0) is 26.2. The summed E-state index contributed by atoms with van der Waals surface area (Å²) in [5, 5.41) is 2.34. The number of piperidine rings is 1. The Bertz CT molecular complexity index is 1310. The summed E-state index contributed by atoms with van der Waals surface area (Å²) in [7, 11) is 0.280. The van der Waals surface area contributed by atoms with E-state index in [1.54, 1.807) is 18.5 Å². The molecule has 2 atom stereocenters. The number of imidazole rings is 1. The highest BCUT2D eigenvalue weighted by molar-refractivity contribution is 7.86. The van der Waals surface area contributed by atoms with E-state index in [4.69, 9.17) is 4.18 Å². The number of amides is 2. The number of nitrogens with zero attached hydrogens (tertiary/aromatic N) is 3. The Balaban J connectivity index is 1.40. The van der Waals surface area contributed by atoms with Crippen molar-refractivity contribution in [1.82, 2.24) is 19.4 Å². The molecular formula is C25H36N4O6S. The largest absolute Gasteiger partial charge is 0.329 e. The second kappa shape index (κ2) is 10.5. The average Bonchev–Trinajstić information content (AvgIpc) is 3.03. The number of likely N-dealkylation sites (N-methyl/N-ethyl adjacent to an activating group) is 1. The number of carbonyl (C=O) groups excluding carboxylic acids is 2. The Morgan fingerprint density at radius 1 is 1.11 bits per heavy atom. The number of hydrogen-bond donors (Lipinski definition) is 1. The standard InChI is InChI=1S/C25H36N4O6S/c1-16(35-36(4,33)34)15-27(2)19-8-5-17(6-9-19)13-18-7-10-20-22(14-18)28(3)25(32)29(20)21-11-12-23(30)26-24(21)31/h7,10,14,16-17,19,21H,5-6,8-9,11-13,15H2,1-4H3,(H,26,30,31). The summed E-state index contributed by atoms with van der Waals surface area (Å²) in [6.07, 6.45) is 6.38. The summed E-state index contributed by atoms with van der Waals surface area (Å²) in [4.78, 5) is 39.1. The summed E-state index contributed by atoms with van der Waals surface area (Å²) in [6, 6.07) is 5.72. The van der Waals surface area contributed by atoms with Gasteiger partial charge in [-0.25, -0.2) is 4.79 Å². The van der Waals surface area contributed by atoms with E-state index in [-0.39, 0.29) is 24.1 Å². The molecule has 198 valence electrons. The van der Waals surface area contributed by atoms with E-state index in [2.05, 4.69) is 10.2 Å². The van der Waals surface area contributed by atoms with Crippen LogP contribution in [0.2, 0.25) is 0 Å². The van der Waals surface area contributed by atoms with Crippen LogP contribution >= 0.6 is 0 Å². The van der Waals surface area contributed by atoms with Gasteiger partial charge < -0.3 is 4.90 Å². The molecule has 0 radical (unpaired) electrons. The number of aryl methyl sites for hydroxylation is 1. The Kier molecular flexibility index (Phi) is 7.72. The number of nitrogens with one attached hydrogen (secondary N) is 1. The minimum absolute atomic E-state index is 0.221. The van der Waals surface area contributed by atoms with Gasteiger partial charge in [-0.1, -0.05) is 6.07 Å². The van der Waals surface area contributed by atoms with E-state index >= 15 is 0 Å². The van der Waals surface area contributed by atoms with Gasteiger partial charge in [0, 0.05) is 26.1 Å². The van der Waals surface area contributed by atoms with Crippen LogP contribution in [0, 0.1) is 5.92 Å². The highest BCUT2D eigenvalue weighted by Crippen LogP contribution is 2.31. The highest BCUT2D eigenvalue weighted by Gasteiger charge is 2.31. The van der Waals surface area contributed by atoms with Crippen LogP contribution in [0.25, 0.3) is 11.0 Å². The smallest absolute Gasteiger partial charge is 0.301 e. The van der Waals surface area contributed by atoms with Gasteiger partial charge >= 0.3 is 5.69 Å². The van der Waals surface area contributed by atoms with Crippen LogP contribution in [-0.4, -0.2) is 66.3 Å². The van der Waals surface area contributed by atoms with Crippen molar-refractivity contribution in [3.05, 3.63) is 34.2 Å². The number of benzene rings is 1. The Hall–Kier alpha value is -2.50. The van der Waals surface area contributed by atoms with Gasteiger partial charge in [0.25, 0.3) is 10.1 Å². The molecule has 2 heterocycles. The van der Waals surface area contributed by atoms with E-state index in [1.165, 1.54) is 4.57 Å². The predicted molar refractivity (Wildman–Crippen MR) is 136 cm³/mol. The van der Waals surface area contributed by atoms with Gasteiger partial charge in [-0.05, 0) is 76.1 Å². The summed E-state index contributed by atoms with van der Waals surface area (Å²) in [5.74, 6) is -0.195. The van der Waals surface area contributed by atoms with Gasteiger partial charge in [0.15, 0.2) is 0 Å². The van der Waals surface area contributed by atoms with E-state index in [0.717, 1.165) is 49.4 Å². The first-order valence-electron chi connectivity index (χ1n) is 12.5. The molecule has 1 aliphatic heterocycles. The minimum atomic E-state index is -3.46. The molecule has 1 N–H and O–H groups in total. The van der Waals surface area contributed by atoms with Crippen LogP contribution in [0.4, 0.5) is 0 Å². The predicted octanol–water partition coefficient (Wildman–Crippen LogP) is 1.72. The summed E-state index contributed by atoms with van der Waals surface area (Å²) in [5.41, 5.74) is 2.40. The molecule has 2 unspecified atom stereocenters. The van der Waals surface area contributed by atoms with Crippen LogP contribution in [0.1, 0.15) is 57.1 Å². The molecule has 36 heavy (non-hydrogen) atoms. The fourth-order valence-corrected chi connectivity index (χ4v) is 6.43. The van der Waals surface area contributed by atoms with Gasteiger partial charge in [0.2, 0.25) is 11.8 Å². The van der Waals surface area contributed by atoms with E-state index in [9.17, 15) is 22.8 Å². The average molecular weight is 521 g/mol. The molecule has 1 aliphatic carbocycles. The quantitative estimate of drug-likeness (QED) is 0.416. The van der Waals surface area contributed by atoms with Gasteiger partial charge in [0.1, 0.15) is 6.04 Å².